The third-order valence-electron chi connectivity index (χ3n) is 11.9. The summed E-state index contributed by atoms with van der Waals surface area (Å²) < 4.78 is 54.6. The van der Waals surface area contributed by atoms with E-state index in [4.69, 9.17) is 9.47 Å². The lowest BCUT2D eigenvalue weighted by atomic mass is 9.90. The molecule has 1 aromatic carbocycles. The fraction of sp³-hybridized carbons (Fsp3) is 0.634. The van der Waals surface area contributed by atoms with Crippen molar-refractivity contribution in [3.63, 3.8) is 0 Å². The molecule has 13 nitrogen and oxygen atoms in total. The lowest BCUT2D eigenvalue weighted by molar-refractivity contribution is -0.144. The third-order valence-corrected chi connectivity index (χ3v) is 13.7. The Kier molecular flexibility index (Phi) is 12.2. The average Bonchev–Trinajstić information content (AvgIpc) is 4.02. The molecule has 1 saturated heterocycles. The summed E-state index contributed by atoms with van der Waals surface area (Å²) in [7, 11) is -2.22. The van der Waals surface area contributed by atoms with Gasteiger partial charge < -0.3 is 19.3 Å². The van der Waals surface area contributed by atoms with Crippen LogP contribution in [0, 0.1) is 23.1 Å². The first kappa shape index (κ1) is 41.5. The number of ether oxygens (including phenoxy) is 2. The molecule has 0 bridgehead atoms. The number of nitrogens with zero attached hydrogens (tertiary/aromatic N) is 3. The van der Waals surface area contributed by atoms with Gasteiger partial charge in [0.15, 0.2) is 5.78 Å². The molecule has 2 aliphatic carbocycles. The Bertz CT molecular complexity index is 1880. The average molecular weight is 799 g/mol. The first-order valence-electron chi connectivity index (χ1n) is 19.7. The van der Waals surface area contributed by atoms with Crippen molar-refractivity contribution in [3.05, 3.63) is 60.0 Å². The normalized spacial score (nSPS) is 28.9. The van der Waals surface area contributed by atoms with Crippen LogP contribution in [-0.2, 0) is 51.8 Å². The summed E-state index contributed by atoms with van der Waals surface area (Å²) in [4.78, 5) is 74.0. The second-order valence-corrected chi connectivity index (χ2v) is 19.1. The number of benzene rings is 1. The minimum Gasteiger partial charge on any atom is -0.444 e. The van der Waals surface area contributed by atoms with Gasteiger partial charge in [0, 0.05) is 50.6 Å². The highest BCUT2D eigenvalue weighted by Crippen LogP contribution is 2.57. The van der Waals surface area contributed by atoms with Crippen LogP contribution in [-0.4, -0.2) is 102 Å². The molecule has 0 radical (unpaired) electrons. The molecule has 0 spiro atoms. The van der Waals surface area contributed by atoms with Gasteiger partial charge in [0.1, 0.15) is 11.9 Å². The number of amides is 4. The van der Waals surface area contributed by atoms with E-state index >= 15 is 0 Å². The molecule has 1 N–H and O–H groups in total. The monoisotopic (exact) mass is 798 g/mol. The van der Waals surface area contributed by atoms with Gasteiger partial charge in [-0.1, -0.05) is 30.9 Å². The van der Waals surface area contributed by atoms with Crippen LogP contribution >= 0.6 is 0 Å². The van der Waals surface area contributed by atoms with Gasteiger partial charge in [-0.2, -0.15) is 0 Å². The molecule has 6 rings (SSSR count). The zero-order chi connectivity index (χ0) is 40.6. The van der Waals surface area contributed by atoms with E-state index in [9.17, 15) is 36.8 Å². The van der Waals surface area contributed by atoms with Crippen LogP contribution in [0.1, 0.15) is 96.1 Å². The van der Waals surface area contributed by atoms with Gasteiger partial charge in [-0.15, -0.1) is 0 Å². The van der Waals surface area contributed by atoms with Gasteiger partial charge in [-0.05, 0) is 95.8 Å². The van der Waals surface area contributed by atoms with E-state index in [0.717, 1.165) is 0 Å². The molecule has 3 aliphatic heterocycles. The maximum absolute atomic E-state index is 14.9. The molecule has 0 aromatic heterocycles. The topological polar surface area (TPSA) is 160 Å². The number of Topliss-reactive ketones (excluding diaryl/α,β-unsaturated/α-hetero) is 1. The number of halogens is 1. The maximum Gasteiger partial charge on any atom is 0.410 e. The number of likely N-dealkylation sites (N-methyl/N-ethyl adjacent to an activating group) is 1. The molecule has 3 fully saturated rings. The second-order valence-electron chi connectivity index (χ2n) is 17.1. The first-order chi connectivity index (χ1) is 26.4. The third kappa shape index (κ3) is 9.36. The minimum absolute atomic E-state index is 0.0169. The van der Waals surface area contributed by atoms with E-state index in [0.29, 0.717) is 43.2 Å². The van der Waals surface area contributed by atoms with Crippen molar-refractivity contribution >= 4 is 39.6 Å². The number of fused-ring (bicyclic) bond motifs is 3. The zero-order valence-corrected chi connectivity index (χ0v) is 33.7. The fourth-order valence-corrected chi connectivity index (χ4v) is 9.73. The summed E-state index contributed by atoms with van der Waals surface area (Å²) in [5, 5.41) is -0.634. The number of sulfonamides is 1. The number of nitrogens with one attached hydrogen (secondary N) is 1. The summed E-state index contributed by atoms with van der Waals surface area (Å²) in [5.74, 6) is -3.33. The van der Waals surface area contributed by atoms with Gasteiger partial charge in [0.05, 0.1) is 35.4 Å². The van der Waals surface area contributed by atoms with Crippen LogP contribution in [0.15, 0.2) is 43.0 Å². The second kappa shape index (κ2) is 16.4. The highest BCUT2D eigenvalue weighted by Gasteiger charge is 2.61. The number of ketones is 1. The molecule has 306 valence electrons. The Balaban J connectivity index is 1.30. The van der Waals surface area contributed by atoms with Gasteiger partial charge in [-0.25, -0.2) is 17.6 Å². The molecule has 15 heteroatoms. The minimum atomic E-state index is -3.90. The van der Waals surface area contributed by atoms with Crippen LogP contribution in [0.2, 0.25) is 0 Å². The quantitative estimate of drug-likeness (QED) is 0.274. The molecular weight excluding hydrogens is 744 g/mol. The Morgan fingerprint density at radius 1 is 1.12 bits per heavy atom. The summed E-state index contributed by atoms with van der Waals surface area (Å²) in [6, 6.07) is 3.22. The Labute approximate surface area is 329 Å². The van der Waals surface area contributed by atoms with Gasteiger partial charge in [0.25, 0.3) is 0 Å². The van der Waals surface area contributed by atoms with E-state index in [1.165, 1.54) is 21.9 Å². The van der Waals surface area contributed by atoms with E-state index in [1.807, 2.05) is 32.9 Å². The smallest absolute Gasteiger partial charge is 0.410 e. The molecule has 56 heavy (non-hydrogen) atoms. The Morgan fingerprint density at radius 2 is 1.88 bits per heavy atom. The van der Waals surface area contributed by atoms with Crippen molar-refractivity contribution in [1.29, 1.82) is 0 Å². The standard InChI is InChI=1S/C41H55FN4O9S/c1-6-36(48)44(5)29-13-9-7-8-12-28-21-41(28,38(50)43-56(52,53)31-15-16-31)22-35(47)34-20-30(24-46(34)37(49)26(19-29)17-18-54-40(2,3)4)55-39(51)45-23-27-11-10-14-33(42)32(27)25-45/h6,8,10-12,14,26,28-31,34H,1,7,9,13,15-25H2,2-5H3,(H,43,50)/b12-8-/t26-,28+,29?,30+,34-,41+/m0/s1. The zero-order valence-electron chi connectivity index (χ0n) is 32.8. The van der Waals surface area contributed by atoms with Gasteiger partial charge in [0.2, 0.25) is 27.7 Å². The van der Waals surface area contributed by atoms with E-state index < -0.39 is 73.9 Å². The fourth-order valence-electron chi connectivity index (χ4n) is 8.35. The number of hydrogen-bond acceptors (Lipinski definition) is 9. The molecular formula is C41H55FN4O9S. The lowest BCUT2D eigenvalue weighted by Gasteiger charge is -2.34. The Hall–Kier alpha value is -4.11. The highest BCUT2D eigenvalue weighted by molar-refractivity contribution is 7.90. The number of carbonyl (C=O) groups excluding carboxylic acids is 5. The lowest BCUT2D eigenvalue weighted by Crippen LogP contribution is -2.47. The van der Waals surface area contributed by atoms with Crippen LogP contribution in [0.5, 0.6) is 0 Å². The van der Waals surface area contributed by atoms with Crippen LogP contribution in [0.3, 0.4) is 0 Å². The first-order valence-corrected chi connectivity index (χ1v) is 21.3. The van der Waals surface area contributed by atoms with Gasteiger partial charge in [-0.3, -0.25) is 28.8 Å². The van der Waals surface area contributed by atoms with Crippen molar-refractivity contribution in [2.45, 2.75) is 127 Å². The van der Waals surface area contributed by atoms with Crippen molar-refractivity contribution in [3.8, 4) is 0 Å². The number of rotatable bonds is 9. The van der Waals surface area contributed by atoms with Gasteiger partial charge >= 0.3 is 6.09 Å². The number of carbonyl (C=O) groups is 5. The van der Waals surface area contributed by atoms with Crippen molar-refractivity contribution in [2.75, 3.05) is 20.2 Å². The molecule has 5 aliphatic rings. The number of hydrogen-bond donors (Lipinski definition) is 1. The SMILES string of the molecule is C=CC(=O)N(C)C1CCC/C=C\[C@@H]2C[C@@]2(C(=O)NS(=O)(=O)C2CC2)CC(=O)[C@@H]2C[C@@H](OC(=O)N3Cc4cccc(F)c4C3)CN2C(=O)[C@@H](CCOC(C)(C)C)C1. The van der Waals surface area contributed by atoms with Crippen molar-refractivity contribution in [1.82, 2.24) is 19.4 Å². The number of allylic oxidation sites excluding steroid dienone is 2. The summed E-state index contributed by atoms with van der Waals surface area (Å²) >= 11 is 0. The molecule has 3 heterocycles. The van der Waals surface area contributed by atoms with Crippen LogP contribution in [0.25, 0.3) is 0 Å². The molecule has 1 unspecified atom stereocenters. The molecule has 1 aromatic rings. The van der Waals surface area contributed by atoms with Crippen molar-refractivity contribution < 1.29 is 46.3 Å². The van der Waals surface area contributed by atoms with E-state index in [1.54, 1.807) is 24.1 Å². The molecule has 6 atom stereocenters. The molecule has 2 saturated carbocycles. The van der Waals surface area contributed by atoms with Crippen molar-refractivity contribution in [2.24, 2.45) is 17.3 Å². The largest absolute Gasteiger partial charge is 0.444 e. The summed E-state index contributed by atoms with van der Waals surface area (Å²) in [6.45, 7) is 9.67. The summed E-state index contributed by atoms with van der Waals surface area (Å²) in [6.07, 6.45) is 6.68. The Morgan fingerprint density at radius 3 is 2.55 bits per heavy atom. The van der Waals surface area contributed by atoms with E-state index in [-0.39, 0.29) is 76.2 Å². The predicted molar refractivity (Wildman–Crippen MR) is 204 cm³/mol. The van der Waals surface area contributed by atoms with Crippen LogP contribution < -0.4 is 4.72 Å². The highest BCUT2D eigenvalue weighted by atomic mass is 32.2. The summed E-state index contributed by atoms with van der Waals surface area (Å²) in [5.41, 5.74) is -0.731. The maximum atomic E-state index is 14.9. The van der Waals surface area contributed by atoms with E-state index in [2.05, 4.69) is 11.3 Å². The van der Waals surface area contributed by atoms with Crippen LogP contribution in [0.4, 0.5) is 9.18 Å². The molecule has 4 amide bonds. The predicted octanol–water partition coefficient (Wildman–Crippen LogP) is 4.79.